The molecule has 0 fully saturated rings. The summed E-state index contributed by atoms with van der Waals surface area (Å²) in [7, 11) is 0. The first kappa shape index (κ1) is 20.2. The van der Waals surface area contributed by atoms with Crippen LogP contribution in [-0.4, -0.2) is 5.11 Å². The highest BCUT2D eigenvalue weighted by molar-refractivity contribution is 6.33. The lowest BCUT2D eigenvalue weighted by Gasteiger charge is -2.19. The second kappa shape index (κ2) is 10.2. The zero-order valence-electron chi connectivity index (χ0n) is 16.0. The molecule has 0 amide bonds. The van der Waals surface area contributed by atoms with E-state index in [9.17, 15) is 5.11 Å². The van der Waals surface area contributed by atoms with E-state index in [4.69, 9.17) is 21.1 Å². The SMILES string of the molecule is CCCC(O)c1ccc(OCc2ccccc2)c(OCc2ccccc2)c1Cl. The normalized spacial score (nSPS) is 11.8. The number of halogens is 1. The number of aliphatic hydroxyl groups excluding tert-OH is 1. The van der Waals surface area contributed by atoms with Gasteiger partial charge in [0.1, 0.15) is 13.2 Å². The van der Waals surface area contributed by atoms with Gasteiger partial charge in [-0.05, 0) is 23.6 Å². The molecule has 1 atom stereocenters. The summed E-state index contributed by atoms with van der Waals surface area (Å²) >= 11 is 6.63. The summed E-state index contributed by atoms with van der Waals surface area (Å²) in [4.78, 5) is 0. The van der Waals surface area contributed by atoms with Crippen LogP contribution in [0.25, 0.3) is 0 Å². The van der Waals surface area contributed by atoms with Crippen molar-refractivity contribution in [1.82, 2.24) is 0 Å². The van der Waals surface area contributed by atoms with Crippen LogP contribution in [0.2, 0.25) is 5.02 Å². The Kier molecular flexibility index (Phi) is 7.35. The zero-order valence-corrected chi connectivity index (χ0v) is 16.7. The van der Waals surface area contributed by atoms with Crippen molar-refractivity contribution < 1.29 is 14.6 Å². The van der Waals surface area contributed by atoms with Gasteiger partial charge in [-0.15, -0.1) is 0 Å². The molecular formula is C24H25ClO3. The lowest BCUT2D eigenvalue weighted by Crippen LogP contribution is -2.04. The Hall–Kier alpha value is -2.49. The smallest absolute Gasteiger partial charge is 0.180 e. The first-order chi connectivity index (χ1) is 13.7. The number of hydrogen-bond donors (Lipinski definition) is 1. The summed E-state index contributed by atoms with van der Waals surface area (Å²) in [6.45, 7) is 2.81. The lowest BCUT2D eigenvalue weighted by molar-refractivity contribution is 0.165. The maximum atomic E-state index is 10.4. The van der Waals surface area contributed by atoms with Crippen LogP contribution in [0.15, 0.2) is 72.8 Å². The van der Waals surface area contributed by atoms with Crippen LogP contribution in [0.3, 0.4) is 0 Å². The second-order valence-corrected chi connectivity index (χ2v) is 7.03. The van der Waals surface area contributed by atoms with Gasteiger partial charge < -0.3 is 14.6 Å². The quantitative estimate of drug-likeness (QED) is 0.459. The van der Waals surface area contributed by atoms with Crippen molar-refractivity contribution >= 4 is 11.6 Å². The van der Waals surface area contributed by atoms with Crippen molar-refractivity contribution in [2.45, 2.75) is 39.1 Å². The fraction of sp³-hybridized carbons (Fsp3) is 0.250. The standard InChI is InChI=1S/C24H25ClO3/c1-2-9-21(26)20-14-15-22(27-16-18-10-5-3-6-11-18)24(23(20)25)28-17-19-12-7-4-8-13-19/h3-8,10-15,21,26H,2,9,16-17H2,1H3. The van der Waals surface area contributed by atoms with E-state index in [1.165, 1.54) is 0 Å². The molecule has 3 rings (SSSR count). The number of hydrogen-bond acceptors (Lipinski definition) is 3. The molecule has 4 heteroatoms. The fourth-order valence-corrected chi connectivity index (χ4v) is 3.29. The molecule has 1 N–H and O–H groups in total. The first-order valence-corrected chi connectivity index (χ1v) is 9.90. The van der Waals surface area contributed by atoms with Crippen LogP contribution in [0.1, 0.15) is 42.6 Å². The Morgan fingerprint density at radius 3 is 1.96 bits per heavy atom. The van der Waals surface area contributed by atoms with E-state index in [-0.39, 0.29) is 0 Å². The van der Waals surface area contributed by atoms with Gasteiger partial charge in [0.2, 0.25) is 0 Å². The first-order valence-electron chi connectivity index (χ1n) is 9.53. The maximum absolute atomic E-state index is 10.4. The summed E-state index contributed by atoms with van der Waals surface area (Å²) in [5.41, 5.74) is 2.76. The topological polar surface area (TPSA) is 38.7 Å². The molecule has 3 aromatic rings. The molecule has 0 bridgehead atoms. The summed E-state index contributed by atoms with van der Waals surface area (Å²) in [5.74, 6) is 1.03. The van der Waals surface area contributed by atoms with Gasteiger partial charge in [-0.3, -0.25) is 0 Å². The van der Waals surface area contributed by atoms with Crippen LogP contribution < -0.4 is 9.47 Å². The van der Waals surface area contributed by atoms with Crippen molar-refractivity contribution in [3.8, 4) is 11.5 Å². The van der Waals surface area contributed by atoms with Crippen LogP contribution in [-0.2, 0) is 13.2 Å². The monoisotopic (exact) mass is 396 g/mol. The highest BCUT2D eigenvalue weighted by atomic mass is 35.5. The Bertz CT molecular complexity index is 866. The Balaban J connectivity index is 1.85. The molecule has 0 radical (unpaired) electrons. The maximum Gasteiger partial charge on any atom is 0.180 e. The summed E-state index contributed by atoms with van der Waals surface area (Å²) in [6.07, 6.45) is 0.881. The van der Waals surface area contributed by atoms with Gasteiger partial charge in [0.05, 0.1) is 11.1 Å². The molecule has 0 saturated heterocycles. The Morgan fingerprint density at radius 2 is 1.39 bits per heavy atom. The number of benzene rings is 3. The molecule has 146 valence electrons. The summed E-state index contributed by atoms with van der Waals surface area (Å²) in [6, 6.07) is 23.5. The van der Waals surface area contributed by atoms with E-state index in [1.807, 2.05) is 79.7 Å². The molecular weight excluding hydrogens is 372 g/mol. The zero-order chi connectivity index (χ0) is 19.8. The Morgan fingerprint density at radius 1 is 0.821 bits per heavy atom. The molecule has 0 heterocycles. The molecule has 0 aliphatic rings. The minimum absolute atomic E-state index is 0.371. The van der Waals surface area contributed by atoms with Crippen molar-refractivity contribution in [2.24, 2.45) is 0 Å². The number of aliphatic hydroxyl groups is 1. The van der Waals surface area contributed by atoms with Gasteiger partial charge in [0.25, 0.3) is 0 Å². The van der Waals surface area contributed by atoms with Gasteiger partial charge in [0, 0.05) is 5.56 Å². The highest BCUT2D eigenvalue weighted by Gasteiger charge is 2.19. The van der Waals surface area contributed by atoms with E-state index in [2.05, 4.69) is 0 Å². The average Bonchev–Trinajstić information content (AvgIpc) is 2.73. The molecule has 0 aromatic heterocycles. The third kappa shape index (κ3) is 5.28. The minimum Gasteiger partial charge on any atom is -0.485 e. The van der Waals surface area contributed by atoms with Crippen LogP contribution in [0.5, 0.6) is 11.5 Å². The van der Waals surface area contributed by atoms with Crippen LogP contribution >= 0.6 is 11.6 Å². The van der Waals surface area contributed by atoms with E-state index >= 15 is 0 Å². The number of rotatable bonds is 9. The van der Waals surface area contributed by atoms with E-state index < -0.39 is 6.10 Å². The molecule has 0 aliphatic carbocycles. The lowest BCUT2D eigenvalue weighted by atomic mass is 10.0. The molecule has 28 heavy (non-hydrogen) atoms. The van der Waals surface area contributed by atoms with Crippen LogP contribution in [0, 0.1) is 0 Å². The summed E-state index contributed by atoms with van der Waals surface area (Å²) in [5, 5.41) is 10.8. The number of ether oxygens (including phenoxy) is 2. The highest BCUT2D eigenvalue weighted by Crippen LogP contribution is 2.41. The van der Waals surface area contributed by atoms with Crippen molar-refractivity contribution in [3.05, 3.63) is 94.5 Å². The molecule has 3 aromatic carbocycles. The van der Waals surface area contributed by atoms with Gasteiger partial charge in [-0.1, -0.05) is 91.7 Å². The fourth-order valence-electron chi connectivity index (χ4n) is 2.95. The van der Waals surface area contributed by atoms with Crippen molar-refractivity contribution in [2.75, 3.05) is 0 Å². The predicted octanol–water partition coefficient (Wildman–Crippen LogP) is 6.33. The molecule has 0 aliphatic heterocycles. The third-order valence-electron chi connectivity index (χ3n) is 4.48. The minimum atomic E-state index is -0.625. The molecule has 0 spiro atoms. The molecule has 0 saturated carbocycles. The predicted molar refractivity (Wildman–Crippen MR) is 113 cm³/mol. The van der Waals surface area contributed by atoms with E-state index in [0.29, 0.717) is 41.7 Å². The Labute approximate surface area is 171 Å². The van der Waals surface area contributed by atoms with Gasteiger partial charge in [0.15, 0.2) is 11.5 Å². The molecule has 3 nitrogen and oxygen atoms in total. The largest absolute Gasteiger partial charge is 0.485 e. The average molecular weight is 397 g/mol. The van der Waals surface area contributed by atoms with Crippen molar-refractivity contribution in [3.63, 3.8) is 0 Å². The summed E-state index contributed by atoms with van der Waals surface area (Å²) < 4.78 is 12.0. The van der Waals surface area contributed by atoms with Gasteiger partial charge in [-0.2, -0.15) is 0 Å². The van der Waals surface area contributed by atoms with Crippen LogP contribution in [0.4, 0.5) is 0 Å². The third-order valence-corrected chi connectivity index (χ3v) is 4.86. The van der Waals surface area contributed by atoms with Crippen molar-refractivity contribution in [1.29, 1.82) is 0 Å². The van der Waals surface area contributed by atoms with E-state index in [0.717, 1.165) is 17.5 Å². The van der Waals surface area contributed by atoms with Gasteiger partial charge >= 0.3 is 0 Å². The van der Waals surface area contributed by atoms with Gasteiger partial charge in [-0.25, -0.2) is 0 Å². The van der Waals surface area contributed by atoms with E-state index in [1.54, 1.807) is 0 Å². The second-order valence-electron chi connectivity index (χ2n) is 6.65. The molecule has 1 unspecified atom stereocenters.